The van der Waals surface area contributed by atoms with Crippen molar-refractivity contribution in [1.29, 1.82) is 0 Å². The number of benzene rings is 2. The van der Waals surface area contributed by atoms with Crippen molar-refractivity contribution in [3.63, 3.8) is 0 Å². The topological polar surface area (TPSA) is 58.6 Å². The van der Waals surface area contributed by atoms with Gasteiger partial charge in [-0.3, -0.25) is 4.79 Å². The van der Waals surface area contributed by atoms with Crippen LogP contribution in [0.5, 0.6) is 0 Å². The molecule has 0 aliphatic carbocycles. The minimum Gasteiger partial charge on any atom is -0.444 e. The van der Waals surface area contributed by atoms with Crippen LogP contribution in [0.4, 0.5) is 4.79 Å². The summed E-state index contributed by atoms with van der Waals surface area (Å²) in [7, 11) is 0. The maximum absolute atomic E-state index is 12.6. The zero-order chi connectivity index (χ0) is 20.2. The van der Waals surface area contributed by atoms with Crippen LogP contribution < -0.4 is 5.32 Å². The van der Waals surface area contributed by atoms with Crippen LogP contribution in [0.2, 0.25) is 0 Å². The Morgan fingerprint density at radius 1 is 1.04 bits per heavy atom. The highest BCUT2D eigenvalue weighted by Crippen LogP contribution is 2.23. The van der Waals surface area contributed by atoms with E-state index in [2.05, 4.69) is 5.32 Å². The molecule has 1 saturated heterocycles. The van der Waals surface area contributed by atoms with Gasteiger partial charge in [0.1, 0.15) is 5.60 Å². The molecule has 2 aromatic rings. The molecule has 0 saturated carbocycles. The molecule has 0 atom stereocenters. The fourth-order valence-corrected chi connectivity index (χ4v) is 2.96. The van der Waals surface area contributed by atoms with E-state index in [1.54, 1.807) is 4.90 Å². The molecule has 146 valence electrons. The lowest BCUT2D eigenvalue weighted by Gasteiger charge is -2.40. The number of hydrogen-bond donors (Lipinski definition) is 1. The standard InChI is InChI=1S/C20H24N2O3.C2H6/c1-13-9-10-17(16-8-6-5-7-15(13)16)18(23)21-14-11-22(12-14)19(24)25-20(2,3)4;1-2/h5-10,14H,11-12H2,1-4H3,(H,21,23);1-2H3. The molecule has 0 bridgehead atoms. The number of carbonyl (C=O) groups excluding carboxylic acids is 2. The minimum absolute atomic E-state index is 0.0416. The van der Waals surface area contributed by atoms with Crippen molar-refractivity contribution in [1.82, 2.24) is 10.2 Å². The van der Waals surface area contributed by atoms with Crippen molar-refractivity contribution in [2.75, 3.05) is 13.1 Å². The lowest BCUT2D eigenvalue weighted by atomic mass is 9.99. The summed E-state index contributed by atoms with van der Waals surface area (Å²) < 4.78 is 5.32. The number of aryl methyl sites for hydroxylation is 1. The van der Waals surface area contributed by atoms with Crippen LogP contribution in [0.3, 0.4) is 0 Å². The van der Waals surface area contributed by atoms with Gasteiger partial charge in [-0.1, -0.05) is 44.2 Å². The van der Waals surface area contributed by atoms with Crippen LogP contribution in [0.25, 0.3) is 10.8 Å². The first-order valence-corrected chi connectivity index (χ1v) is 9.52. The molecule has 27 heavy (non-hydrogen) atoms. The first-order valence-electron chi connectivity index (χ1n) is 9.52. The molecule has 0 unspecified atom stereocenters. The van der Waals surface area contributed by atoms with Gasteiger partial charge in [-0.25, -0.2) is 4.79 Å². The molecule has 3 rings (SSSR count). The molecule has 5 nitrogen and oxygen atoms in total. The van der Waals surface area contributed by atoms with E-state index in [1.807, 2.05) is 77.9 Å². The Kier molecular flexibility index (Phi) is 6.47. The predicted molar refractivity (Wildman–Crippen MR) is 109 cm³/mol. The number of rotatable bonds is 2. The number of likely N-dealkylation sites (tertiary alicyclic amines) is 1. The molecule has 2 amide bonds. The summed E-state index contributed by atoms with van der Waals surface area (Å²) in [4.78, 5) is 26.2. The van der Waals surface area contributed by atoms with Crippen LogP contribution in [-0.2, 0) is 4.74 Å². The van der Waals surface area contributed by atoms with E-state index in [0.717, 1.165) is 16.3 Å². The van der Waals surface area contributed by atoms with Crippen molar-refractivity contribution < 1.29 is 14.3 Å². The van der Waals surface area contributed by atoms with Crippen molar-refractivity contribution >= 4 is 22.8 Å². The Hall–Kier alpha value is -2.56. The number of fused-ring (bicyclic) bond motifs is 1. The van der Waals surface area contributed by atoms with Crippen LogP contribution >= 0.6 is 0 Å². The second-order valence-electron chi connectivity index (χ2n) is 7.53. The molecule has 5 heteroatoms. The molecule has 0 spiro atoms. The number of nitrogens with one attached hydrogen (secondary N) is 1. The highest BCUT2D eigenvalue weighted by molar-refractivity contribution is 6.08. The van der Waals surface area contributed by atoms with Crippen molar-refractivity contribution in [2.45, 2.75) is 53.2 Å². The molecular formula is C22H30N2O3. The minimum atomic E-state index is -0.508. The SMILES string of the molecule is CC.Cc1ccc(C(=O)NC2CN(C(=O)OC(C)(C)C)C2)c2ccccc12. The Labute approximate surface area is 161 Å². The maximum atomic E-state index is 12.6. The number of nitrogens with zero attached hydrogens (tertiary/aromatic N) is 1. The van der Waals surface area contributed by atoms with Crippen LogP contribution in [0.15, 0.2) is 36.4 Å². The van der Waals surface area contributed by atoms with Gasteiger partial charge in [-0.2, -0.15) is 0 Å². The van der Waals surface area contributed by atoms with Gasteiger partial charge in [0.25, 0.3) is 5.91 Å². The Balaban J connectivity index is 0.00000126. The summed E-state index contributed by atoms with van der Waals surface area (Å²) in [5.74, 6) is -0.106. The van der Waals surface area contributed by atoms with Crippen LogP contribution in [0.1, 0.15) is 50.5 Å². The highest BCUT2D eigenvalue weighted by atomic mass is 16.6. The maximum Gasteiger partial charge on any atom is 0.410 e. The van der Waals surface area contributed by atoms with Crippen molar-refractivity contribution in [3.05, 3.63) is 47.5 Å². The van der Waals surface area contributed by atoms with E-state index in [4.69, 9.17) is 4.74 Å². The smallest absolute Gasteiger partial charge is 0.410 e. The zero-order valence-electron chi connectivity index (χ0n) is 17.1. The molecule has 1 aliphatic heterocycles. The molecule has 1 heterocycles. The highest BCUT2D eigenvalue weighted by Gasteiger charge is 2.34. The molecule has 1 aliphatic rings. The van der Waals surface area contributed by atoms with Gasteiger partial charge in [-0.05, 0) is 50.1 Å². The van der Waals surface area contributed by atoms with Crippen LogP contribution in [0, 0.1) is 6.92 Å². The first-order chi connectivity index (χ1) is 12.7. The van der Waals surface area contributed by atoms with Gasteiger partial charge in [0, 0.05) is 18.7 Å². The zero-order valence-corrected chi connectivity index (χ0v) is 17.1. The van der Waals surface area contributed by atoms with Gasteiger partial charge in [0.05, 0.1) is 6.04 Å². The number of ether oxygens (including phenoxy) is 1. The molecule has 1 N–H and O–H groups in total. The summed E-state index contributed by atoms with van der Waals surface area (Å²) in [6, 6.07) is 11.7. The Bertz CT molecular complexity index is 818. The van der Waals surface area contributed by atoms with Crippen LogP contribution in [-0.4, -0.2) is 41.6 Å². The average molecular weight is 370 g/mol. The Morgan fingerprint density at radius 2 is 1.63 bits per heavy atom. The molecular weight excluding hydrogens is 340 g/mol. The van der Waals surface area contributed by atoms with E-state index in [-0.39, 0.29) is 18.0 Å². The number of carbonyl (C=O) groups is 2. The van der Waals surface area contributed by atoms with E-state index in [9.17, 15) is 9.59 Å². The quantitative estimate of drug-likeness (QED) is 0.845. The third-order valence-corrected chi connectivity index (χ3v) is 4.26. The fraction of sp³-hybridized carbons (Fsp3) is 0.455. The second-order valence-corrected chi connectivity index (χ2v) is 7.53. The molecule has 0 radical (unpaired) electrons. The normalized spacial score (nSPS) is 14.1. The summed E-state index contributed by atoms with van der Waals surface area (Å²) >= 11 is 0. The van der Waals surface area contributed by atoms with E-state index in [0.29, 0.717) is 18.7 Å². The monoisotopic (exact) mass is 370 g/mol. The van der Waals surface area contributed by atoms with Gasteiger partial charge in [-0.15, -0.1) is 0 Å². The third kappa shape index (κ3) is 5.00. The summed E-state index contributed by atoms with van der Waals surface area (Å²) in [5, 5.41) is 5.03. The lowest BCUT2D eigenvalue weighted by molar-refractivity contribution is 0.00534. The van der Waals surface area contributed by atoms with E-state index in [1.165, 1.54) is 0 Å². The first kappa shape index (κ1) is 20.7. The van der Waals surface area contributed by atoms with Crippen molar-refractivity contribution in [3.8, 4) is 0 Å². The van der Waals surface area contributed by atoms with Gasteiger partial charge in [0.2, 0.25) is 0 Å². The Morgan fingerprint density at radius 3 is 2.22 bits per heavy atom. The second kappa shape index (κ2) is 8.42. The van der Waals surface area contributed by atoms with E-state index < -0.39 is 5.60 Å². The third-order valence-electron chi connectivity index (χ3n) is 4.26. The molecule has 2 aromatic carbocycles. The van der Waals surface area contributed by atoms with Gasteiger partial charge >= 0.3 is 6.09 Å². The lowest BCUT2D eigenvalue weighted by Crippen LogP contribution is -2.61. The fourth-order valence-electron chi connectivity index (χ4n) is 2.96. The number of amides is 2. The average Bonchev–Trinajstić information content (AvgIpc) is 2.58. The molecule has 1 fully saturated rings. The van der Waals surface area contributed by atoms with E-state index >= 15 is 0 Å². The number of hydrogen-bond acceptors (Lipinski definition) is 3. The summed E-state index contributed by atoms with van der Waals surface area (Å²) in [5.41, 5.74) is 1.30. The van der Waals surface area contributed by atoms with Gasteiger partial charge in [0.15, 0.2) is 0 Å². The molecule has 0 aromatic heterocycles. The summed E-state index contributed by atoms with van der Waals surface area (Å²) in [6.07, 6.45) is -0.334. The summed E-state index contributed by atoms with van der Waals surface area (Å²) in [6.45, 7) is 12.5. The van der Waals surface area contributed by atoms with Gasteiger partial charge < -0.3 is 15.0 Å². The largest absolute Gasteiger partial charge is 0.444 e. The van der Waals surface area contributed by atoms with Crippen molar-refractivity contribution in [2.24, 2.45) is 0 Å². The predicted octanol–water partition coefficient (Wildman–Crippen LogP) is 4.52.